The number of hydrogen-bond donors (Lipinski definition) is 0. The van der Waals surface area contributed by atoms with E-state index >= 15 is 0 Å². The number of fused-ring (bicyclic) bond motifs is 4. The highest BCUT2D eigenvalue weighted by atomic mass is 16.2. The topological polar surface area (TPSA) is 92.9 Å². The minimum Gasteiger partial charge on any atom is -0.340 e. The predicted molar refractivity (Wildman–Crippen MR) is 130 cm³/mol. The van der Waals surface area contributed by atoms with Gasteiger partial charge in [-0.05, 0) is 31.4 Å². The van der Waals surface area contributed by atoms with E-state index in [1.807, 2.05) is 37.4 Å². The number of aromatic nitrogens is 6. The summed E-state index contributed by atoms with van der Waals surface area (Å²) in [6.45, 7) is 2.90. The zero-order valence-electron chi connectivity index (χ0n) is 19.3. The number of likely N-dealkylation sites (N-methyl/N-ethyl adjacent to an activating group) is 1. The van der Waals surface area contributed by atoms with Gasteiger partial charge < -0.3 is 9.80 Å². The van der Waals surface area contributed by atoms with Crippen molar-refractivity contribution < 1.29 is 4.79 Å². The van der Waals surface area contributed by atoms with Crippen LogP contribution in [0.25, 0.3) is 28.2 Å². The van der Waals surface area contributed by atoms with Crippen LogP contribution in [0.15, 0.2) is 49.1 Å². The lowest BCUT2D eigenvalue weighted by Gasteiger charge is -2.48. The Kier molecular flexibility index (Phi) is 4.79. The summed E-state index contributed by atoms with van der Waals surface area (Å²) in [7, 11) is 1.83. The molecule has 0 radical (unpaired) electrons. The molecule has 1 amide bonds. The zero-order chi connectivity index (χ0) is 23.3. The number of nitrogens with zero attached hydrogens (tertiary/aromatic N) is 8. The SMILES string of the molecule is CCC12CCCCCN1c1nc(-n3ncnc3-c3cccc4ncccc34)ncc1N(C)C2=O. The van der Waals surface area contributed by atoms with Crippen LogP contribution in [0.2, 0.25) is 0 Å². The fraction of sp³-hybridized carbons (Fsp3) is 0.360. The number of carbonyl (C=O) groups excluding carboxylic acids is 1. The maximum atomic E-state index is 13.5. The number of hydrogen-bond acceptors (Lipinski definition) is 7. The first-order valence-corrected chi connectivity index (χ1v) is 11.8. The van der Waals surface area contributed by atoms with Gasteiger partial charge in [-0.3, -0.25) is 9.78 Å². The lowest BCUT2D eigenvalue weighted by molar-refractivity contribution is -0.124. The first-order chi connectivity index (χ1) is 16.6. The molecule has 3 aromatic heterocycles. The van der Waals surface area contributed by atoms with E-state index < -0.39 is 5.54 Å². The van der Waals surface area contributed by atoms with Crippen LogP contribution >= 0.6 is 0 Å². The summed E-state index contributed by atoms with van der Waals surface area (Å²) in [5.41, 5.74) is 1.97. The fourth-order valence-electron chi connectivity index (χ4n) is 5.45. The third kappa shape index (κ3) is 2.92. The van der Waals surface area contributed by atoms with Crippen LogP contribution in [0, 0.1) is 0 Å². The van der Waals surface area contributed by atoms with Gasteiger partial charge in [-0.1, -0.05) is 38.0 Å². The molecule has 1 saturated heterocycles. The van der Waals surface area contributed by atoms with Crippen molar-refractivity contribution in [2.45, 2.75) is 44.6 Å². The zero-order valence-corrected chi connectivity index (χ0v) is 19.3. The number of carbonyl (C=O) groups is 1. The number of amides is 1. The van der Waals surface area contributed by atoms with E-state index in [9.17, 15) is 4.79 Å². The van der Waals surface area contributed by atoms with Crippen LogP contribution in [0.4, 0.5) is 11.5 Å². The molecule has 0 spiro atoms. The number of pyridine rings is 1. The second-order valence-corrected chi connectivity index (χ2v) is 8.96. The Morgan fingerprint density at radius 2 is 1.97 bits per heavy atom. The lowest BCUT2D eigenvalue weighted by atomic mass is 9.85. The van der Waals surface area contributed by atoms with Crippen LogP contribution in [0.3, 0.4) is 0 Å². The highest BCUT2D eigenvalue weighted by molar-refractivity contribution is 6.07. The van der Waals surface area contributed by atoms with Gasteiger partial charge in [-0.25, -0.2) is 9.97 Å². The predicted octanol–water partition coefficient (Wildman–Crippen LogP) is 3.78. The van der Waals surface area contributed by atoms with E-state index in [1.165, 1.54) is 6.33 Å². The average Bonchev–Trinajstić information content (AvgIpc) is 3.26. The van der Waals surface area contributed by atoms with Gasteiger partial charge in [-0.2, -0.15) is 14.8 Å². The average molecular weight is 455 g/mol. The molecule has 2 aliphatic rings. The van der Waals surface area contributed by atoms with Crippen molar-refractivity contribution in [1.82, 2.24) is 29.7 Å². The third-order valence-electron chi connectivity index (χ3n) is 7.25. The van der Waals surface area contributed by atoms with E-state index in [-0.39, 0.29) is 5.91 Å². The summed E-state index contributed by atoms with van der Waals surface area (Å²) >= 11 is 0. The second-order valence-electron chi connectivity index (χ2n) is 8.96. The molecule has 6 rings (SSSR count). The summed E-state index contributed by atoms with van der Waals surface area (Å²) in [6, 6.07) is 9.89. The Morgan fingerprint density at radius 3 is 2.85 bits per heavy atom. The van der Waals surface area contributed by atoms with Gasteiger partial charge in [0.25, 0.3) is 11.9 Å². The first kappa shape index (κ1) is 20.7. The largest absolute Gasteiger partial charge is 0.340 e. The van der Waals surface area contributed by atoms with Crippen molar-refractivity contribution in [1.29, 1.82) is 0 Å². The normalized spacial score (nSPS) is 20.2. The van der Waals surface area contributed by atoms with Crippen LogP contribution in [0.5, 0.6) is 0 Å². The van der Waals surface area contributed by atoms with Crippen LogP contribution in [0.1, 0.15) is 39.0 Å². The molecule has 2 aliphatic heterocycles. The van der Waals surface area contributed by atoms with Crippen molar-refractivity contribution in [3.63, 3.8) is 0 Å². The molecule has 9 nitrogen and oxygen atoms in total. The van der Waals surface area contributed by atoms with Gasteiger partial charge in [0, 0.05) is 30.7 Å². The molecule has 1 unspecified atom stereocenters. The van der Waals surface area contributed by atoms with Crippen LogP contribution in [-0.2, 0) is 4.79 Å². The Morgan fingerprint density at radius 1 is 1.06 bits per heavy atom. The minimum atomic E-state index is -0.559. The monoisotopic (exact) mass is 454 g/mol. The Hall–Kier alpha value is -3.88. The molecule has 1 atom stereocenters. The van der Waals surface area contributed by atoms with Crippen LogP contribution < -0.4 is 9.80 Å². The second kappa shape index (κ2) is 7.86. The van der Waals surface area contributed by atoms with Crippen molar-refractivity contribution in [3.05, 3.63) is 49.1 Å². The van der Waals surface area contributed by atoms with E-state index in [0.29, 0.717) is 11.8 Å². The summed E-state index contributed by atoms with van der Waals surface area (Å²) in [4.78, 5) is 36.1. The van der Waals surface area contributed by atoms with E-state index in [4.69, 9.17) is 4.98 Å². The van der Waals surface area contributed by atoms with Crippen molar-refractivity contribution >= 4 is 28.3 Å². The lowest BCUT2D eigenvalue weighted by Crippen LogP contribution is -2.62. The van der Waals surface area contributed by atoms with Gasteiger partial charge in [0.2, 0.25) is 0 Å². The number of benzene rings is 1. The molecule has 0 aliphatic carbocycles. The Labute approximate surface area is 197 Å². The summed E-state index contributed by atoms with van der Waals surface area (Å²) in [6.07, 6.45) is 9.80. The molecule has 4 aromatic rings. The maximum Gasteiger partial charge on any atom is 0.254 e. The summed E-state index contributed by atoms with van der Waals surface area (Å²) in [5.74, 6) is 2.00. The highest BCUT2D eigenvalue weighted by Gasteiger charge is 2.50. The van der Waals surface area contributed by atoms with Crippen molar-refractivity contribution in [3.8, 4) is 17.3 Å². The molecule has 34 heavy (non-hydrogen) atoms. The molecule has 0 N–H and O–H groups in total. The Balaban J connectivity index is 1.51. The smallest absolute Gasteiger partial charge is 0.254 e. The van der Waals surface area contributed by atoms with Gasteiger partial charge in [0.1, 0.15) is 17.6 Å². The molecule has 172 valence electrons. The molecule has 1 fully saturated rings. The highest BCUT2D eigenvalue weighted by Crippen LogP contribution is 2.44. The van der Waals surface area contributed by atoms with Gasteiger partial charge in [0.05, 0.1) is 11.7 Å². The van der Waals surface area contributed by atoms with Crippen molar-refractivity contribution in [2.75, 3.05) is 23.4 Å². The molecule has 9 heteroatoms. The third-order valence-corrected chi connectivity index (χ3v) is 7.25. The molecular weight excluding hydrogens is 428 g/mol. The van der Waals surface area contributed by atoms with Gasteiger partial charge in [-0.15, -0.1) is 0 Å². The van der Waals surface area contributed by atoms with E-state index in [2.05, 4.69) is 31.9 Å². The van der Waals surface area contributed by atoms with Gasteiger partial charge in [0.15, 0.2) is 11.6 Å². The fourth-order valence-corrected chi connectivity index (χ4v) is 5.45. The maximum absolute atomic E-state index is 13.5. The van der Waals surface area contributed by atoms with Gasteiger partial charge >= 0.3 is 0 Å². The molecule has 0 saturated carbocycles. The number of rotatable bonds is 3. The molecule has 5 heterocycles. The van der Waals surface area contributed by atoms with Crippen molar-refractivity contribution in [2.24, 2.45) is 0 Å². The molecule has 0 bridgehead atoms. The number of anilines is 2. The van der Waals surface area contributed by atoms with E-state index in [1.54, 1.807) is 22.0 Å². The minimum absolute atomic E-state index is 0.130. The molecular formula is C25H26N8O. The van der Waals surface area contributed by atoms with Crippen LogP contribution in [-0.4, -0.2) is 54.8 Å². The van der Waals surface area contributed by atoms with E-state index in [0.717, 1.165) is 66.6 Å². The summed E-state index contributed by atoms with van der Waals surface area (Å²) < 4.78 is 1.67. The summed E-state index contributed by atoms with van der Waals surface area (Å²) in [5, 5.41) is 5.46. The Bertz CT molecular complexity index is 1390. The first-order valence-electron chi connectivity index (χ1n) is 11.8. The standard InChI is InChI=1S/C25H26N8O/c1-3-25-12-5-4-6-14-32(25)22-20(31(2)23(25)34)15-27-24(30-22)33-21(28-16-29-33)18-9-7-11-19-17(18)10-8-13-26-19/h7-11,13,15-16H,3-6,12,14H2,1-2H3. The molecule has 1 aromatic carbocycles. The quantitative estimate of drug-likeness (QED) is 0.465.